The third-order valence-electron chi connectivity index (χ3n) is 6.20. The molecule has 0 unspecified atom stereocenters. The fourth-order valence-electron chi connectivity index (χ4n) is 4.57. The summed E-state index contributed by atoms with van der Waals surface area (Å²) in [4.78, 5) is 25.9. The predicted octanol–water partition coefficient (Wildman–Crippen LogP) is 2.35. The molecule has 0 spiro atoms. The highest BCUT2D eigenvalue weighted by Gasteiger charge is 2.32. The number of carbonyl (C=O) groups is 1. The Morgan fingerprint density at radius 2 is 2.00 bits per heavy atom. The number of carbonyl (C=O) groups excluding carboxylic acids is 1. The number of rotatable bonds is 5. The van der Waals surface area contributed by atoms with Gasteiger partial charge in [0.25, 0.3) is 0 Å². The average molecular weight is 405 g/mol. The molecule has 7 heteroatoms. The molecular weight excluding hydrogens is 376 g/mol. The number of amides is 1. The number of nitrogens with one attached hydrogen (secondary N) is 1. The summed E-state index contributed by atoms with van der Waals surface area (Å²) in [5, 5.41) is 12.4. The molecule has 156 valence electrons. The normalized spacial score (nSPS) is 20.5. The van der Waals surface area contributed by atoms with Crippen LogP contribution in [0.2, 0.25) is 0 Å². The molecule has 30 heavy (non-hydrogen) atoms. The highest BCUT2D eigenvalue weighted by molar-refractivity contribution is 5.79. The minimum Gasteiger partial charge on any atom is -0.355 e. The average Bonchev–Trinajstić information content (AvgIpc) is 2.83. The molecule has 2 fully saturated rings. The Bertz CT molecular complexity index is 888. The van der Waals surface area contributed by atoms with Crippen LogP contribution in [0.25, 0.3) is 0 Å². The van der Waals surface area contributed by atoms with E-state index in [1.165, 1.54) is 0 Å². The van der Waals surface area contributed by atoms with E-state index < -0.39 is 0 Å². The van der Waals surface area contributed by atoms with Gasteiger partial charge in [0.15, 0.2) is 0 Å². The van der Waals surface area contributed by atoms with E-state index in [-0.39, 0.29) is 11.8 Å². The Balaban J connectivity index is 1.29. The Labute approximate surface area is 177 Å². The minimum atomic E-state index is 0.0504. The Kier molecular flexibility index (Phi) is 6.55. The summed E-state index contributed by atoms with van der Waals surface area (Å²) in [7, 11) is 0. The van der Waals surface area contributed by atoms with Gasteiger partial charge >= 0.3 is 0 Å². The van der Waals surface area contributed by atoms with Crippen molar-refractivity contribution in [3.8, 4) is 6.07 Å². The van der Waals surface area contributed by atoms with Crippen LogP contribution in [0, 0.1) is 17.2 Å². The molecule has 0 aromatic carbocycles. The van der Waals surface area contributed by atoms with E-state index >= 15 is 0 Å². The van der Waals surface area contributed by atoms with Gasteiger partial charge in [0.1, 0.15) is 11.9 Å². The third-order valence-corrected chi connectivity index (χ3v) is 6.20. The first-order valence-electron chi connectivity index (χ1n) is 10.8. The minimum absolute atomic E-state index is 0.0504. The van der Waals surface area contributed by atoms with Crippen molar-refractivity contribution in [1.82, 2.24) is 20.2 Å². The lowest BCUT2D eigenvalue weighted by Gasteiger charge is -2.42. The molecule has 0 aliphatic carbocycles. The number of likely N-dealkylation sites (tertiary alicyclic amines) is 1. The predicted molar refractivity (Wildman–Crippen MR) is 115 cm³/mol. The number of nitrogens with zero attached hydrogens (tertiary/aromatic N) is 5. The first-order valence-corrected chi connectivity index (χ1v) is 10.8. The van der Waals surface area contributed by atoms with Gasteiger partial charge in [-0.05, 0) is 56.0 Å². The number of hydrogen-bond acceptors (Lipinski definition) is 6. The van der Waals surface area contributed by atoms with Crippen LogP contribution in [0.3, 0.4) is 0 Å². The van der Waals surface area contributed by atoms with Crippen LogP contribution >= 0.6 is 0 Å². The van der Waals surface area contributed by atoms with E-state index in [0.29, 0.717) is 18.2 Å². The van der Waals surface area contributed by atoms with Crippen molar-refractivity contribution in [2.45, 2.75) is 38.3 Å². The number of nitriles is 1. The maximum absolute atomic E-state index is 12.7. The summed E-state index contributed by atoms with van der Waals surface area (Å²) in [6.45, 7) is 4.21. The van der Waals surface area contributed by atoms with Crippen molar-refractivity contribution in [3.63, 3.8) is 0 Å². The van der Waals surface area contributed by atoms with Crippen LogP contribution in [0.15, 0.2) is 42.9 Å². The van der Waals surface area contributed by atoms with Crippen molar-refractivity contribution in [2.24, 2.45) is 5.92 Å². The van der Waals surface area contributed by atoms with Gasteiger partial charge in [0.05, 0.1) is 11.5 Å². The maximum atomic E-state index is 12.7. The van der Waals surface area contributed by atoms with Crippen molar-refractivity contribution < 1.29 is 4.79 Å². The Morgan fingerprint density at radius 3 is 2.77 bits per heavy atom. The van der Waals surface area contributed by atoms with Crippen LogP contribution < -0.4 is 10.2 Å². The maximum Gasteiger partial charge on any atom is 0.224 e. The second-order valence-electron chi connectivity index (χ2n) is 8.12. The fraction of sp³-hybridized carbons (Fsp3) is 0.478. The molecular formula is C23H28N6O. The van der Waals surface area contributed by atoms with Gasteiger partial charge in [-0.2, -0.15) is 5.26 Å². The summed E-state index contributed by atoms with van der Waals surface area (Å²) in [6.07, 6.45) is 9.36. The Hall–Kier alpha value is -2.98. The highest BCUT2D eigenvalue weighted by Crippen LogP contribution is 2.27. The number of hydrogen-bond donors (Lipinski definition) is 1. The van der Waals surface area contributed by atoms with Gasteiger partial charge in [-0.3, -0.25) is 14.7 Å². The molecule has 1 N–H and O–H groups in total. The van der Waals surface area contributed by atoms with Crippen molar-refractivity contribution >= 4 is 11.7 Å². The van der Waals surface area contributed by atoms with Crippen molar-refractivity contribution in [2.75, 3.05) is 31.1 Å². The monoisotopic (exact) mass is 404 g/mol. The number of pyridine rings is 2. The van der Waals surface area contributed by atoms with Gasteiger partial charge in [-0.1, -0.05) is 6.07 Å². The van der Waals surface area contributed by atoms with E-state index in [1.54, 1.807) is 18.6 Å². The zero-order chi connectivity index (χ0) is 20.8. The molecule has 4 rings (SSSR count). The number of aromatic nitrogens is 2. The molecule has 0 bridgehead atoms. The molecule has 2 aromatic heterocycles. The molecule has 7 nitrogen and oxygen atoms in total. The SMILES string of the molecule is N#Cc1cccnc1N1CCC(N2CCC[C@H](C(=O)NCc3cccnc3)C2)CC1. The standard InChI is InChI=1S/C23H28N6O/c24-14-19-5-2-10-26-22(19)28-12-7-21(8-13-28)29-11-3-6-20(17-29)23(30)27-16-18-4-1-9-25-15-18/h1-2,4-5,9-10,15,20-21H,3,6-8,11-13,16-17H2,(H,27,30)/t20-/m0/s1. The second kappa shape index (κ2) is 9.68. The molecule has 0 saturated carbocycles. The summed E-state index contributed by atoms with van der Waals surface area (Å²) < 4.78 is 0. The molecule has 2 aliphatic rings. The largest absolute Gasteiger partial charge is 0.355 e. The zero-order valence-corrected chi connectivity index (χ0v) is 17.2. The number of anilines is 1. The van der Waals surface area contributed by atoms with Gasteiger partial charge in [-0.25, -0.2) is 4.98 Å². The Morgan fingerprint density at radius 1 is 1.17 bits per heavy atom. The quantitative estimate of drug-likeness (QED) is 0.823. The third kappa shape index (κ3) is 4.77. The second-order valence-corrected chi connectivity index (χ2v) is 8.12. The first-order chi connectivity index (χ1) is 14.7. The van der Waals surface area contributed by atoms with E-state index in [4.69, 9.17) is 0 Å². The van der Waals surface area contributed by atoms with Crippen LogP contribution in [-0.2, 0) is 11.3 Å². The van der Waals surface area contributed by atoms with Crippen LogP contribution in [-0.4, -0.2) is 53.0 Å². The smallest absolute Gasteiger partial charge is 0.224 e. The van der Waals surface area contributed by atoms with Gasteiger partial charge in [-0.15, -0.1) is 0 Å². The molecule has 2 aromatic rings. The van der Waals surface area contributed by atoms with E-state index in [9.17, 15) is 10.1 Å². The van der Waals surface area contributed by atoms with E-state index in [1.807, 2.05) is 24.3 Å². The summed E-state index contributed by atoms with van der Waals surface area (Å²) in [6, 6.07) is 10.2. The van der Waals surface area contributed by atoms with Gasteiger partial charge in [0.2, 0.25) is 5.91 Å². The summed E-state index contributed by atoms with van der Waals surface area (Å²) >= 11 is 0. The topological polar surface area (TPSA) is 85.2 Å². The van der Waals surface area contributed by atoms with Gasteiger partial charge < -0.3 is 10.2 Å². The molecule has 2 saturated heterocycles. The molecule has 1 amide bonds. The summed E-state index contributed by atoms with van der Waals surface area (Å²) in [5.41, 5.74) is 1.66. The van der Waals surface area contributed by atoms with Crippen LogP contribution in [0.5, 0.6) is 0 Å². The lowest BCUT2D eigenvalue weighted by atomic mass is 9.93. The molecule has 1 atom stereocenters. The molecule has 0 radical (unpaired) electrons. The van der Waals surface area contributed by atoms with E-state index in [0.717, 1.165) is 63.2 Å². The van der Waals surface area contributed by atoms with Crippen LogP contribution in [0.4, 0.5) is 5.82 Å². The van der Waals surface area contributed by atoms with Gasteiger partial charge in [0, 0.05) is 50.8 Å². The molecule has 4 heterocycles. The number of piperidine rings is 2. The zero-order valence-electron chi connectivity index (χ0n) is 17.2. The lowest BCUT2D eigenvalue weighted by molar-refractivity contribution is -0.127. The van der Waals surface area contributed by atoms with Crippen molar-refractivity contribution in [3.05, 3.63) is 54.0 Å². The lowest BCUT2D eigenvalue weighted by Crippen LogP contribution is -2.51. The summed E-state index contributed by atoms with van der Waals surface area (Å²) in [5.74, 6) is 0.993. The van der Waals surface area contributed by atoms with Crippen molar-refractivity contribution in [1.29, 1.82) is 5.26 Å². The molecule has 2 aliphatic heterocycles. The van der Waals surface area contributed by atoms with E-state index in [2.05, 4.69) is 31.2 Å². The highest BCUT2D eigenvalue weighted by atomic mass is 16.1. The van der Waals surface area contributed by atoms with Crippen LogP contribution in [0.1, 0.15) is 36.8 Å². The fourth-order valence-corrected chi connectivity index (χ4v) is 4.57. The first kappa shape index (κ1) is 20.3.